The van der Waals surface area contributed by atoms with Crippen molar-refractivity contribution in [2.45, 2.75) is 44.1 Å². The molecule has 2 N–H and O–H groups in total. The molecular weight excluding hydrogens is 339 g/mol. The number of benzene rings is 1. The largest absolute Gasteiger partial charge is 1.00 e. The molecule has 6 heteroatoms. The Bertz CT molecular complexity index is 879. The predicted octanol–water partition coefficient (Wildman–Crippen LogP) is -1.46. The van der Waals surface area contributed by atoms with Gasteiger partial charge in [0.15, 0.2) is 0 Å². The number of nitrogens with zero attached hydrogens (tertiary/aromatic N) is 1. The number of H-pyrrole nitrogens is 1. The Kier molecular flexibility index (Phi) is 4.42. The summed E-state index contributed by atoms with van der Waals surface area (Å²) in [6.07, 6.45) is 3.61. The summed E-state index contributed by atoms with van der Waals surface area (Å²) in [7, 11) is 0. The Hall–Kier alpha value is -1.01. The van der Waals surface area contributed by atoms with E-state index in [9.17, 15) is 15.0 Å². The molecule has 4 bridgehead atoms. The average molecular weight is 362 g/mol. The maximum absolute atomic E-state index is 12.6. The summed E-state index contributed by atoms with van der Waals surface area (Å²) in [6.45, 7) is 4.05. The third kappa shape index (κ3) is 2.27. The molecule has 0 amide bonds. The topological polar surface area (TPSA) is 79.4 Å². The number of carbonyl (C=O) groups excluding carboxylic acids is 1. The standard InChI is InChI=1S/C20H24N2O3.Na/c1-2-12-7-11-9-20(19(24)25)17-14(5-6-22(10-11)18(12)20)15-8-13(23)3-4-16(15)21-17;/h3-4,8,11-12,18,21,23H,2,5-7,9-10H2,1H3,(H,24,25);/q;+1/p-1/t11-,12-,18-,20+;/m0./s1. The van der Waals surface area contributed by atoms with E-state index in [4.69, 9.17) is 0 Å². The van der Waals surface area contributed by atoms with Crippen LogP contribution in [0.5, 0.6) is 5.75 Å². The van der Waals surface area contributed by atoms with E-state index in [0.29, 0.717) is 18.3 Å². The van der Waals surface area contributed by atoms with Crippen molar-refractivity contribution in [2.24, 2.45) is 11.8 Å². The number of aromatic hydroxyl groups is 1. The third-order valence-electron chi connectivity index (χ3n) is 6.96. The van der Waals surface area contributed by atoms with E-state index in [-0.39, 0.29) is 41.3 Å². The molecule has 4 aliphatic rings. The molecule has 1 aliphatic carbocycles. The Morgan fingerprint density at radius 1 is 1.46 bits per heavy atom. The van der Waals surface area contributed by atoms with Crippen molar-refractivity contribution >= 4 is 16.9 Å². The van der Waals surface area contributed by atoms with Gasteiger partial charge >= 0.3 is 29.6 Å². The Labute approximate surface area is 175 Å². The van der Waals surface area contributed by atoms with Crippen molar-refractivity contribution in [1.82, 2.24) is 9.88 Å². The van der Waals surface area contributed by atoms with Gasteiger partial charge in [0, 0.05) is 35.7 Å². The van der Waals surface area contributed by atoms with E-state index in [1.807, 2.05) is 6.07 Å². The summed E-state index contributed by atoms with van der Waals surface area (Å²) >= 11 is 0. The molecule has 1 saturated carbocycles. The molecule has 0 radical (unpaired) electrons. The number of rotatable bonds is 2. The molecule has 1 unspecified atom stereocenters. The van der Waals surface area contributed by atoms with Gasteiger partial charge in [-0.05, 0) is 54.9 Å². The number of carboxylic acids is 1. The molecule has 5 nitrogen and oxygen atoms in total. The first-order chi connectivity index (χ1) is 12.0. The summed E-state index contributed by atoms with van der Waals surface area (Å²) in [4.78, 5) is 18.4. The van der Waals surface area contributed by atoms with Crippen LogP contribution in [-0.2, 0) is 16.6 Å². The average Bonchev–Trinajstić information content (AvgIpc) is 2.92. The van der Waals surface area contributed by atoms with E-state index in [2.05, 4.69) is 16.8 Å². The third-order valence-corrected chi connectivity index (χ3v) is 6.96. The van der Waals surface area contributed by atoms with Crippen LogP contribution in [0.3, 0.4) is 0 Å². The number of phenols is 1. The van der Waals surface area contributed by atoms with Crippen LogP contribution in [0.4, 0.5) is 0 Å². The SMILES string of the molecule is CC[C@H]1C[C@@H]2CN3CCc4c([nH]c5ccc(O)cc45)[C@](C(=O)[O-])(C2)[C@H]13.[Na+]. The molecule has 3 aliphatic heterocycles. The predicted molar refractivity (Wildman–Crippen MR) is 92.2 cm³/mol. The number of nitrogens with one attached hydrogen (secondary N) is 1. The van der Waals surface area contributed by atoms with Gasteiger partial charge in [-0.3, -0.25) is 4.90 Å². The normalized spacial score (nSPS) is 34.8. The number of carboxylic acid groups (broad SMARTS) is 1. The summed E-state index contributed by atoms with van der Waals surface area (Å²) in [5, 5.41) is 23.5. The minimum absolute atomic E-state index is 0. The molecule has 3 fully saturated rings. The maximum atomic E-state index is 12.6. The monoisotopic (exact) mass is 362 g/mol. The van der Waals surface area contributed by atoms with Gasteiger partial charge in [0.2, 0.25) is 0 Å². The number of fused-ring (bicyclic) bond motifs is 4. The van der Waals surface area contributed by atoms with E-state index in [1.54, 1.807) is 12.1 Å². The molecule has 2 saturated heterocycles. The minimum atomic E-state index is -0.956. The summed E-state index contributed by atoms with van der Waals surface area (Å²) in [5.74, 6) is 0.0938. The number of carbonyl (C=O) groups is 1. The molecule has 5 atom stereocenters. The van der Waals surface area contributed by atoms with Crippen LogP contribution in [0.1, 0.15) is 37.4 Å². The summed E-state index contributed by atoms with van der Waals surface area (Å²) in [5.41, 5.74) is 1.84. The van der Waals surface area contributed by atoms with Crippen LogP contribution in [0.2, 0.25) is 0 Å². The number of phenolic OH excluding ortho intramolecular Hbond substituents is 1. The van der Waals surface area contributed by atoms with Crippen molar-refractivity contribution in [3.05, 3.63) is 29.5 Å². The van der Waals surface area contributed by atoms with Crippen LogP contribution in [0.15, 0.2) is 18.2 Å². The Morgan fingerprint density at radius 3 is 3.00 bits per heavy atom. The first-order valence-corrected chi connectivity index (χ1v) is 9.34. The van der Waals surface area contributed by atoms with Crippen LogP contribution < -0.4 is 34.7 Å². The molecule has 4 heterocycles. The number of piperidine rings is 2. The zero-order valence-corrected chi connectivity index (χ0v) is 17.4. The summed E-state index contributed by atoms with van der Waals surface area (Å²) in [6, 6.07) is 5.26. The first kappa shape index (κ1) is 18.4. The first-order valence-electron chi connectivity index (χ1n) is 9.34. The van der Waals surface area contributed by atoms with Crippen molar-refractivity contribution < 1.29 is 44.6 Å². The van der Waals surface area contributed by atoms with E-state index >= 15 is 0 Å². The van der Waals surface area contributed by atoms with Gasteiger partial charge in [-0.15, -0.1) is 0 Å². The minimum Gasteiger partial charge on any atom is -0.549 e. The molecule has 26 heavy (non-hydrogen) atoms. The molecule has 6 rings (SSSR count). The fourth-order valence-corrected chi connectivity index (χ4v) is 6.12. The number of aliphatic carboxylic acids is 1. The Balaban J connectivity index is 0.00000168. The van der Waals surface area contributed by atoms with Gasteiger partial charge in [-0.2, -0.15) is 0 Å². The second-order valence-electron chi connectivity index (χ2n) is 8.13. The molecular formula is C20H23N2NaO3. The fourth-order valence-electron chi connectivity index (χ4n) is 6.12. The van der Waals surface area contributed by atoms with Crippen LogP contribution in [-0.4, -0.2) is 40.1 Å². The second kappa shape index (κ2) is 6.26. The zero-order chi connectivity index (χ0) is 17.3. The van der Waals surface area contributed by atoms with Gasteiger partial charge in [-0.1, -0.05) is 13.3 Å². The number of aromatic nitrogens is 1. The number of aromatic amines is 1. The number of hydrogen-bond acceptors (Lipinski definition) is 4. The van der Waals surface area contributed by atoms with E-state index < -0.39 is 11.4 Å². The zero-order valence-electron chi connectivity index (χ0n) is 15.4. The van der Waals surface area contributed by atoms with Crippen LogP contribution in [0, 0.1) is 11.8 Å². The van der Waals surface area contributed by atoms with Crippen molar-refractivity contribution in [2.75, 3.05) is 13.1 Å². The van der Waals surface area contributed by atoms with E-state index in [0.717, 1.165) is 54.5 Å². The molecule has 132 valence electrons. The van der Waals surface area contributed by atoms with Gasteiger partial charge in [0.05, 0.1) is 11.4 Å². The quantitative estimate of drug-likeness (QED) is 0.640. The van der Waals surface area contributed by atoms with E-state index in [1.165, 1.54) is 0 Å². The second-order valence-corrected chi connectivity index (χ2v) is 8.13. The van der Waals surface area contributed by atoms with Crippen LogP contribution in [0.25, 0.3) is 10.9 Å². The van der Waals surface area contributed by atoms with Crippen molar-refractivity contribution in [3.8, 4) is 5.75 Å². The molecule has 0 spiro atoms. The van der Waals surface area contributed by atoms with Gasteiger partial charge in [0.25, 0.3) is 0 Å². The summed E-state index contributed by atoms with van der Waals surface area (Å²) < 4.78 is 0. The Morgan fingerprint density at radius 2 is 2.27 bits per heavy atom. The maximum Gasteiger partial charge on any atom is 1.00 e. The molecule has 1 aromatic carbocycles. The van der Waals surface area contributed by atoms with Crippen molar-refractivity contribution in [3.63, 3.8) is 0 Å². The molecule has 1 aromatic heterocycles. The van der Waals surface area contributed by atoms with Gasteiger partial charge < -0.3 is 20.0 Å². The molecule has 2 aromatic rings. The van der Waals surface area contributed by atoms with Crippen molar-refractivity contribution in [1.29, 1.82) is 0 Å². The number of hydrogen-bond donors (Lipinski definition) is 2. The van der Waals surface area contributed by atoms with Gasteiger partial charge in [0.1, 0.15) is 5.75 Å². The van der Waals surface area contributed by atoms with Gasteiger partial charge in [-0.25, -0.2) is 0 Å². The smallest absolute Gasteiger partial charge is 0.549 e. The fraction of sp³-hybridized carbons (Fsp3) is 0.550. The van der Waals surface area contributed by atoms with Crippen LogP contribution >= 0.6 is 0 Å².